The van der Waals surface area contributed by atoms with E-state index in [2.05, 4.69) is 5.92 Å². The molecular weight excluding hydrogens is 237 g/mol. The zero-order valence-corrected chi connectivity index (χ0v) is 12.0. The average molecular weight is 257 g/mol. The van der Waals surface area contributed by atoms with Crippen LogP contribution in [0.1, 0.15) is 33.3 Å². The molecule has 1 aromatic carbocycles. The zero-order valence-electron chi connectivity index (χ0n) is 12.0. The lowest BCUT2D eigenvalue weighted by molar-refractivity contribution is 0.00578. The molecule has 4 heteroatoms. The second-order valence-corrected chi connectivity index (χ2v) is 5.98. The van der Waals surface area contributed by atoms with Gasteiger partial charge in [0.05, 0.1) is 11.2 Å². The Bertz CT molecular complexity index is 515. The Kier molecular flexibility index (Phi) is 3.38. The fraction of sp³-hybridized carbons (Fsp3) is 0.467. The number of hydrogen-bond acceptors (Lipinski definition) is 3. The van der Waals surface area contributed by atoms with Crippen LogP contribution in [-0.4, -0.2) is 18.3 Å². The summed E-state index contributed by atoms with van der Waals surface area (Å²) in [5.41, 5.74) is 7.81. The summed E-state index contributed by atoms with van der Waals surface area (Å²) in [5, 5.41) is 0. The van der Waals surface area contributed by atoms with Crippen molar-refractivity contribution in [3.05, 3.63) is 23.8 Å². The number of benzene rings is 1. The van der Waals surface area contributed by atoms with E-state index in [9.17, 15) is 0 Å². The van der Waals surface area contributed by atoms with Crippen LogP contribution in [0.5, 0.6) is 0 Å². The predicted octanol–water partition coefficient (Wildman–Crippen LogP) is 1.74. The largest absolute Gasteiger partial charge is 0.494 e. The molecule has 0 aliphatic carbocycles. The monoisotopic (exact) mass is 257 g/mol. The van der Waals surface area contributed by atoms with Crippen molar-refractivity contribution in [1.82, 2.24) is 0 Å². The summed E-state index contributed by atoms with van der Waals surface area (Å²) in [6.07, 6.45) is 5.90. The molecule has 1 aliphatic rings. The smallest absolute Gasteiger partial charge is 0.399 e. The predicted molar refractivity (Wildman–Crippen MR) is 79.1 cm³/mol. The van der Waals surface area contributed by atoms with E-state index in [-0.39, 0.29) is 11.2 Å². The van der Waals surface area contributed by atoms with Gasteiger partial charge in [-0.3, -0.25) is 0 Å². The van der Waals surface area contributed by atoms with Crippen molar-refractivity contribution in [2.24, 2.45) is 0 Å². The van der Waals surface area contributed by atoms with Crippen molar-refractivity contribution < 1.29 is 9.31 Å². The summed E-state index contributed by atoms with van der Waals surface area (Å²) in [6, 6.07) is 5.76. The molecule has 2 N–H and O–H groups in total. The van der Waals surface area contributed by atoms with Crippen molar-refractivity contribution in [3.63, 3.8) is 0 Å². The number of anilines is 1. The van der Waals surface area contributed by atoms with Crippen LogP contribution in [0.25, 0.3) is 0 Å². The van der Waals surface area contributed by atoms with E-state index >= 15 is 0 Å². The van der Waals surface area contributed by atoms with Crippen molar-refractivity contribution >= 4 is 18.3 Å². The third-order valence-electron chi connectivity index (χ3n) is 3.87. The van der Waals surface area contributed by atoms with E-state index in [4.69, 9.17) is 21.5 Å². The Morgan fingerprint density at radius 2 is 1.74 bits per heavy atom. The molecule has 0 saturated carbocycles. The fourth-order valence-corrected chi connectivity index (χ4v) is 2.08. The van der Waals surface area contributed by atoms with Gasteiger partial charge in [0.15, 0.2) is 0 Å². The van der Waals surface area contributed by atoms with Gasteiger partial charge in [0.25, 0.3) is 0 Å². The van der Waals surface area contributed by atoms with Gasteiger partial charge < -0.3 is 15.0 Å². The van der Waals surface area contributed by atoms with Crippen LogP contribution in [0.15, 0.2) is 18.2 Å². The topological polar surface area (TPSA) is 44.5 Å². The quantitative estimate of drug-likeness (QED) is 0.498. The first-order chi connectivity index (χ1) is 8.75. The van der Waals surface area contributed by atoms with Crippen LogP contribution in [0.4, 0.5) is 5.69 Å². The molecule has 2 rings (SSSR count). The van der Waals surface area contributed by atoms with Crippen LogP contribution in [0.3, 0.4) is 0 Å². The summed E-state index contributed by atoms with van der Waals surface area (Å²) in [4.78, 5) is 0. The van der Waals surface area contributed by atoms with Gasteiger partial charge in [-0.15, -0.1) is 12.3 Å². The number of terminal acetylenes is 1. The third kappa shape index (κ3) is 2.63. The van der Waals surface area contributed by atoms with E-state index in [0.29, 0.717) is 12.1 Å². The minimum absolute atomic E-state index is 0.353. The standard InChI is InChI=1S/C15H20BNO2/c1-6-7-11-8-12(10-13(17)9-11)16-18-14(2,3)15(4,5)19-16/h1,8-10H,7,17H2,2-5H3. The molecule has 1 aliphatic heterocycles. The second kappa shape index (κ2) is 4.59. The fourth-order valence-electron chi connectivity index (χ4n) is 2.08. The van der Waals surface area contributed by atoms with Gasteiger partial charge in [0.2, 0.25) is 0 Å². The molecule has 0 radical (unpaired) electrons. The minimum atomic E-state index is -0.398. The Morgan fingerprint density at radius 1 is 1.16 bits per heavy atom. The molecule has 1 fully saturated rings. The van der Waals surface area contributed by atoms with E-state index in [1.807, 2.05) is 45.9 Å². The van der Waals surface area contributed by atoms with Crippen LogP contribution in [0, 0.1) is 12.3 Å². The second-order valence-electron chi connectivity index (χ2n) is 5.98. The molecular formula is C15H20BNO2. The number of rotatable bonds is 2. The Labute approximate surface area is 115 Å². The highest BCUT2D eigenvalue weighted by molar-refractivity contribution is 6.62. The van der Waals surface area contributed by atoms with E-state index in [1.54, 1.807) is 0 Å². The van der Waals surface area contributed by atoms with Crippen molar-refractivity contribution in [1.29, 1.82) is 0 Å². The number of hydrogen-bond donors (Lipinski definition) is 1. The molecule has 1 aromatic rings. The molecule has 1 saturated heterocycles. The maximum atomic E-state index is 6.01. The normalized spacial score (nSPS) is 20.3. The number of nitrogen functional groups attached to an aromatic ring is 1. The molecule has 0 atom stereocenters. The summed E-state index contributed by atoms with van der Waals surface area (Å²) in [7, 11) is -0.398. The molecule has 1 heterocycles. The highest BCUT2D eigenvalue weighted by Gasteiger charge is 2.51. The molecule has 0 bridgehead atoms. The van der Waals surface area contributed by atoms with Crippen molar-refractivity contribution in [2.75, 3.05) is 5.73 Å². The summed E-state index contributed by atoms with van der Waals surface area (Å²) in [5.74, 6) is 2.62. The van der Waals surface area contributed by atoms with Crippen LogP contribution in [0.2, 0.25) is 0 Å². The lowest BCUT2D eigenvalue weighted by atomic mass is 9.78. The highest BCUT2D eigenvalue weighted by Crippen LogP contribution is 2.36. The third-order valence-corrected chi connectivity index (χ3v) is 3.87. The van der Waals surface area contributed by atoms with Gasteiger partial charge in [-0.1, -0.05) is 6.07 Å². The van der Waals surface area contributed by atoms with Gasteiger partial charge in [-0.25, -0.2) is 0 Å². The summed E-state index contributed by atoms with van der Waals surface area (Å²) >= 11 is 0. The Morgan fingerprint density at radius 3 is 2.26 bits per heavy atom. The highest BCUT2D eigenvalue weighted by atomic mass is 16.7. The summed E-state index contributed by atoms with van der Waals surface area (Å²) < 4.78 is 12.0. The molecule has 0 aromatic heterocycles. The van der Waals surface area contributed by atoms with Crippen LogP contribution >= 0.6 is 0 Å². The SMILES string of the molecule is C#CCc1cc(N)cc(B2OC(C)(C)C(C)(C)O2)c1. The lowest BCUT2D eigenvalue weighted by Crippen LogP contribution is -2.41. The van der Waals surface area contributed by atoms with Crippen LogP contribution in [-0.2, 0) is 15.7 Å². The van der Waals surface area contributed by atoms with Crippen molar-refractivity contribution in [3.8, 4) is 12.3 Å². The van der Waals surface area contributed by atoms with Crippen molar-refractivity contribution in [2.45, 2.75) is 45.3 Å². The summed E-state index contributed by atoms with van der Waals surface area (Å²) in [6.45, 7) is 8.12. The Hall–Kier alpha value is -1.44. The molecule has 19 heavy (non-hydrogen) atoms. The molecule has 0 spiro atoms. The van der Waals surface area contributed by atoms with Gasteiger partial charge in [0.1, 0.15) is 0 Å². The molecule has 0 unspecified atom stereocenters. The molecule has 0 amide bonds. The first-order valence-corrected chi connectivity index (χ1v) is 6.43. The molecule has 3 nitrogen and oxygen atoms in total. The first-order valence-electron chi connectivity index (χ1n) is 6.43. The van der Waals surface area contributed by atoms with E-state index in [0.717, 1.165) is 11.0 Å². The van der Waals surface area contributed by atoms with E-state index < -0.39 is 7.12 Å². The maximum Gasteiger partial charge on any atom is 0.494 e. The van der Waals surface area contributed by atoms with Gasteiger partial charge in [-0.05, 0) is 50.9 Å². The number of nitrogens with two attached hydrogens (primary N) is 1. The lowest BCUT2D eigenvalue weighted by Gasteiger charge is -2.32. The van der Waals surface area contributed by atoms with Gasteiger partial charge >= 0.3 is 7.12 Å². The molecule has 100 valence electrons. The van der Waals surface area contributed by atoms with E-state index in [1.165, 1.54) is 0 Å². The zero-order chi connectivity index (χ0) is 14.3. The maximum absolute atomic E-state index is 6.01. The van der Waals surface area contributed by atoms with Gasteiger partial charge in [0, 0.05) is 12.1 Å². The van der Waals surface area contributed by atoms with Crippen LogP contribution < -0.4 is 11.2 Å². The van der Waals surface area contributed by atoms with Gasteiger partial charge in [-0.2, -0.15) is 0 Å². The average Bonchev–Trinajstić information content (AvgIpc) is 2.48. The Balaban J connectivity index is 2.32. The minimum Gasteiger partial charge on any atom is -0.399 e. The first kappa shape index (κ1) is 14.0.